The van der Waals surface area contributed by atoms with Gasteiger partial charge < -0.3 is 24.8 Å². The van der Waals surface area contributed by atoms with Gasteiger partial charge in [0.1, 0.15) is 5.75 Å². The molecule has 10 heteroatoms. The number of esters is 1. The van der Waals surface area contributed by atoms with E-state index >= 15 is 0 Å². The Labute approximate surface area is 168 Å². The molecule has 0 bridgehead atoms. The van der Waals surface area contributed by atoms with Crippen LogP contribution >= 0.6 is 0 Å². The lowest BCUT2D eigenvalue weighted by Gasteiger charge is -2.29. The van der Waals surface area contributed by atoms with Crippen molar-refractivity contribution >= 4 is 17.7 Å². The predicted molar refractivity (Wildman–Crippen MR) is 104 cm³/mol. The highest BCUT2D eigenvalue weighted by Gasteiger charge is 2.36. The van der Waals surface area contributed by atoms with Crippen molar-refractivity contribution in [1.29, 1.82) is 0 Å². The van der Waals surface area contributed by atoms with E-state index in [2.05, 4.69) is 10.6 Å². The summed E-state index contributed by atoms with van der Waals surface area (Å²) in [5, 5.41) is 16.7. The number of ether oxygens (including phenoxy) is 3. The summed E-state index contributed by atoms with van der Waals surface area (Å²) in [4.78, 5) is 35.8. The summed E-state index contributed by atoms with van der Waals surface area (Å²) in [7, 11) is 0. The molecule has 1 aliphatic rings. The van der Waals surface area contributed by atoms with E-state index in [9.17, 15) is 19.7 Å². The molecule has 1 aliphatic heterocycles. The molecule has 158 valence electrons. The number of hydrogen-bond donors (Lipinski definition) is 2. The molecule has 0 aromatic heterocycles. The number of nitro groups is 1. The first-order valence-electron chi connectivity index (χ1n) is 9.26. The minimum absolute atomic E-state index is 0.0389. The zero-order chi connectivity index (χ0) is 21.7. The normalized spacial score (nSPS) is 16.2. The van der Waals surface area contributed by atoms with E-state index in [0.717, 1.165) is 0 Å². The van der Waals surface area contributed by atoms with Crippen LogP contribution in [0.1, 0.15) is 46.2 Å². The molecule has 0 saturated heterocycles. The predicted octanol–water partition coefficient (Wildman–Crippen LogP) is 2.97. The van der Waals surface area contributed by atoms with E-state index in [-0.39, 0.29) is 47.6 Å². The Bertz CT molecular complexity index is 848. The fourth-order valence-corrected chi connectivity index (χ4v) is 2.96. The largest absolute Gasteiger partial charge is 0.493 e. The number of urea groups is 1. The lowest BCUT2D eigenvalue weighted by molar-refractivity contribution is -0.385. The second-order valence-electron chi connectivity index (χ2n) is 6.51. The summed E-state index contributed by atoms with van der Waals surface area (Å²) in [6.07, 6.45) is -0.387. The second-order valence-corrected chi connectivity index (χ2v) is 6.51. The van der Waals surface area contributed by atoms with Gasteiger partial charge in [0.15, 0.2) is 0 Å². The van der Waals surface area contributed by atoms with Gasteiger partial charge >= 0.3 is 17.7 Å². The molecule has 1 aromatic rings. The summed E-state index contributed by atoms with van der Waals surface area (Å²) in [5.41, 5.74) is 0.389. The topological polar surface area (TPSA) is 129 Å². The van der Waals surface area contributed by atoms with Crippen molar-refractivity contribution in [3.8, 4) is 11.5 Å². The maximum absolute atomic E-state index is 12.7. The lowest BCUT2D eigenvalue weighted by Crippen LogP contribution is -2.45. The Morgan fingerprint density at radius 1 is 1.21 bits per heavy atom. The number of rotatable bonds is 8. The van der Waals surface area contributed by atoms with Crippen LogP contribution in [-0.4, -0.2) is 36.2 Å². The van der Waals surface area contributed by atoms with Gasteiger partial charge in [-0.2, -0.15) is 0 Å². The molecule has 29 heavy (non-hydrogen) atoms. The Hall–Kier alpha value is -3.30. The van der Waals surface area contributed by atoms with E-state index in [0.29, 0.717) is 5.70 Å². The van der Waals surface area contributed by atoms with Crippen LogP contribution in [0.25, 0.3) is 0 Å². The van der Waals surface area contributed by atoms with Crippen LogP contribution < -0.4 is 20.1 Å². The van der Waals surface area contributed by atoms with Crippen LogP contribution in [0.5, 0.6) is 11.5 Å². The number of hydrogen-bond acceptors (Lipinski definition) is 7. The van der Waals surface area contributed by atoms with Gasteiger partial charge in [-0.25, -0.2) is 9.59 Å². The summed E-state index contributed by atoms with van der Waals surface area (Å²) >= 11 is 0. The van der Waals surface area contributed by atoms with Crippen molar-refractivity contribution in [3.05, 3.63) is 39.1 Å². The van der Waals surface area contributed by atoms with Crippen LogP contribution in [0.4, 0.5) is 10.5 Å². The Morgan fingerprint density at radius 2 is 1.83 bits per heavy atom. The van der Waals surface area contributed by atoms with Gasteiger partial charge in [0.2, 0.25) is 5.75 Å². The monoisotopic (exact) mass is 407 g/mol. The van der Waals surface area contributed by atoms with Gasteiger partial charge in [0.25, 0.3) is 0 Å². The second kappa shape index (κ2) is 9.26. The number of nitro benzene ring substituents is 1. The third-order valence-corrected chi connectivity index (χ3v) is 4.03. The van der Waals surface area contributed by atoms with Crippen molar-refractivity contribution < 1.29 is 28.7 Å². The van der Waals surface area contributed by atoms with Crippen LogP contribution in [0.2, 0.25) is 0 Å². The lowest BCUT2D eigenvalue weighted by atomic mass is 9.94. The molecule has 10 nitrogen and oxygen atoms in total. The third-order valence-electron chi connectivity index (χ3n) is 4.03. The van der Waals surface area contributed by atoms with Gasteiger partial charge in [-0.1, -0.05) is 0 Å². The van der Waals surface area contributed by atoms with E-state index in [4.69, 9.17) is 14.2 Å². The molecule has 1 heterocycles. The number of nitrogens with zero attached hydrogens (tertiary/aromatic N) is 1. The van der Waals surface area contributed by atoms with E-state index in [1.807, 2.05) is 0 Å². The first-order chi connectivity index (χ1) is 13.7. The number of amides is 2. The van der Waals surface area contributed by atoms with Crippen molar-refractivity contribution in [2.24, 2.45) is 0 Å². The fraction of sp³-hybridized carbons (Fsp3) is 0.474. The molecule has 1 unspecified atom stereocenters. The van der Waals surface area contributed by atoms with E-state index < -0.39 is 23.0 Å². The molecular formula is C19H25N3O7. The average Bonchev–Trinajstić information content (AvgIpc) is 2.60. The molecule has 2 amide bonds. The molecular weight excluding hydrogens is 382 g/mol. The molecule has 0 radical (unpaired) electrons. The highest BCUT2D eigenvalue weighted by molar-refractivity contribution is 5.95. The van der Waals surface area contributed by atoms with Crippen LogP contribution in [0.15, 0.2) is 23.4 Å². The number of allylic oxidation sites excluding steroid dienone is 1. The summed E-state index contributed by atoms with van der Waals surface area (Å²) < 4.78 is 16.3. The third kappa shape index (κ3) is 4.95. The van der Waals surface area contributed by atoms with Crippen molar-refractivity contribution in [3.63, 3.8) is 0 Å². The molecule has 0 aliphatic carbocycles. The Morgan fingerprint density at radius 3 is 2.38 bits per heavy atom. The van der Waals surface area contributed by atoms with E-state index in [1.54, 1.807) is 34.6 Å². The smallest absolute Gasteiger partial charge is 0.338 e. The molecule has 1 aromatic carbocycles. The van der Waals surface area contributed by atoms with Gasteiger partial charge in [-0.05, 0) is 34.6 Å². The minimum Gasteiger partial charge on any atom is -0.493 e. The molecule has 2 N–H and O–H groups in total. The van der Waals surface area contributed by atoms with Crippen molar-refractivity contribution in [2.75, 3.05) is 13.2 Å². The summed E-state index contributed by atoms with van der Waals surface area (Å²) in [6.45, 7) is 8.91. The summed E-state index contributed by atoms with van der Waals surface area (Å²) in [6, 6.07) is 1.11. The number of carbonyl (C=O) groups is 2. The van der Waals surface area contributed by atoms with E-state index in [1.165, 1.54) is 12.1 Å². The maximum Gasteiger partial charge on any atom is 0.338 e. The first kappa shape index (κ1) is 22.0. The first-order valence-corrected chi connectivity index (χ1v) is 9.26. The van der Waals surface area contributed by atoms with Crippen LogP contribution in [0, 0.1) is 10.1 Å². The highest BCUT2D eigenvalue weighted by Crippen LogP contribution is 2.41. The van der Waals surface area contributed by atoms with Gasteiger partial charge in [0, 0.05) is 23.4 Å². The number of carbonyl (C=O) groups excluding carboxylic acids is 2. The average molecular weight is 407 g/mol. The quantitative estimate of drug-likeness (QED) is 0.385. The Kier molecular flexibility index (Phi) is 7.03. The molecule has 1 atom stereocenters. The van der Waals surface area contributed by atoms with Crippen molar-refractivity contribution in [2.45, 2.75) is 46.8 Å². The number of nitrogens with one attached hydrogen (secondary N) is 2. The fourth-order valence-electron chi connectivity index (χ4n) is 2.96. The van der Waals surface area contributed by atoms with Crippen LogP contribution in [0.3, 0.4) is 0 Å². The SMILES string of the molecule is CCOc1cc(OCC)c([N+](=O)[O-])cc1C1NC(=O)NC(C)=C1C(=O)OC(C)C. The molecule has 2 rings (SSSR count). The van der Waals surface area contributed by atoms with Gasteiger partial charge in [-0.15, -0.1) is 0 Å². The van der Waals surface area contributed by atoms with Crippen molar-refractivity contribution in [1.82, 2.24) is 10.6 Å². The standard InChI is InChI=1S/C19H25N3O7/c1-6-27-14-9-15(28-7-2)13(22(25)26)8-12(14)17-16(18(23)29-10(3)4)11(5)20-19(24)21-17/h8-10,17H,6-7H2,1-5H3,(H2,20,21,24). The zero-order valence-corrected chi connectivity index (χ0v) is 17.0. The molecule has 0 saturated carbocycles. The highest BCUT2D eigenvalue weighted by atomic mass is 16.6. The van der Waals surface area contributed by atoms with Gasteiger partial charge in [0.05, 0.1) is 35.9 Å². The zero-order valence-electron chi connectivity index (χ0n) is 17.0. The van der Waals surface area contributed by atoms with Crippen LogP contribution in [-0.2, 0) is 9.53 Å². The molecule has 0 fully saturated rings. The van der Waals surface area contributed by atoms with Gasteiger partial charge in [-0.3, -0.25) is 10.1 Å². The Balaban J connectivity index is 2.68. The number of benzene rings is 1. The molecule has 0 spiro atoms. The minimum atomic E-state index is -0.995. The summed E-state index contributed by atoms with van der Waals surface area (Å²) in [5.74, 6) is -0.345. The maximum atomic E-state index is 12.7.